The zero-order valence-electron chi connectivity index (χ0n) is 7.35. The predicted octanol–water partition coefficient (Wildman–Crippen LogP) is 1.31. The van der Waals surface area contributed by atoms with Crippen molar-refractivity contribution in [3.8, 4) is 0 Å². The number of rotatable bonds is 1. The fraction of sp³-hybridized carbons (Fsp3) is 0.556. The number of piperidine rings is 1. The molecule has 1 atom stereocenters. The molecule has 65 valence electrons. The van der Waals surface area contributed by atoms with Crippen LogP contribution in [0.15, 0.2) is 18.5 Å². The van der Waals surface area contributed by atoms with Gasteiger partial charge in [0.05, 0.1) is 6.04 Å². The van der Waals surface area contributed by atoms with Crippen molar-refractivity contribution in [3.63, 3.8) is 0 Å². The van der Waals surface area contributed by atoms with Crippen LogP contribution >= 0.6 is 0 Å². The largest absolute Gasteiger partial charge is 0.302 e. The minimum Gasteiger partial charge on any atom is -0.302 e. The topological polar surface area (TPSA) is 21.1 Å². The van der Waals surface area contributed by atoms with Crippen LogP contribution in [-0.2, 0) is 0 Å². The SMILES string of the molecule is CN1[CH]CC(n2cccn2)CC1. The van der Waals surface area contributed by atoms with Crippen LogP contribution in [0.3, 0.4) is 0 Å². The van der Waals surface area contributed by atoms with Crippen LogP contribution in [0.2, 0.25) is 0 Å². The zero-order chi connectivity index (χ0) is 8.39. The van der Waals surface area contributed by atoms with Gasteiger partial charge in [-0.25, -0.2) is 0 Å². The van der Waals surface area contributed by atoms with Gasteiger partial charge >= 0.3 is 0 Å². The van der Waals surface area contributed by atoms with Crippen LogP contribution < -0.4 is 0 Å². The van der Waals surface area contributed by atoms with E-state index in [0.29, 0.717) is 6.04 Å². The Labute approximate surface area is 73.0 Å². The second-order valence-electron chi connectivity index (χ2n) is 3.33. The molecule has 0 bridgehead atoms. The first-order valence-electron chi connectivity index (χ1n) is 4.39. The van der Waals surface area contributed by atoms with Gasteiger partial charge in [-0.05, 0) is 26.0 Å². The van der Waals surface area contributed by atoms with Crippen LogP contribution in [-0.4, -0.2) is 28.3 Å². The first kappa shape index (κ1) is 7.80. The average molecular weight is 164 g/mol. The Kier molecular flexibility index (Phi) is 2.13. The summed E-state index contributed by atoms with van der Waals surface area (Å²) < 4.78 is 2.06. The number of nitrogens with zero attached hydrogens (tertiary/aromatic N) is 3. The average Bonchev–Trinajstić information content (AvgIpc) is 2.58. The molecule has 0 N–H and O–H groups in total. The van der Waals surface area contributed by atoms with Crippen LogP contribution in [0.25, 0.3) is 0 Å². The van der Waals surface area contributed by atoms with Gasteiger partial charge in [0, 0.05) is 25.5 Å². The van der Waals surface area contributed by atoms with E-state index in [0.717, 1.165) is 13.0 Å². The monoisotopic (exact) mass is 164 g/mol. The highest BCUT2D eigenvalue weighted by atomic mass is 15.3. The summed E-state index contributed by atoms with van der Waals surface area (Å²) in [5.74, 6) is 0. The van der Waals surface area contributed by atoms with Crippen molar-refractivity contribution in [2.24, 2.45) is 0 Å². The zero-order valence-corrected chi connectivity index (χ0v) is 7.35. The third-order valence-electron chi connectivity index (χ3n) is 2.40. The van der Waals surface area contributed by atoms with Crippen molar-refractivity contribution in [3.05, 3.63) is 25.0 Å². The van der Waals surface area contributed by atoms with Crippen molar-refractivity contribution in [1.82, 2.24) is 14.7 Å². The smallest absolute Gasteiger partial charge is 0.0546 e. The van der Waals surface area contributed by atoms with Crippen molar-refractivity contribution in [1.29, 1.82) is 0 Å². The van der Waals surface area contributed by atoms with Gasteiger partial charge in [-0.3, -0.25) is 4.68 Å². The first-order valence-corrected chi connectivity index (χ1v) is 4.39. The third kappa shape index (κ3) is 1.50. The third-order valence-corrected chi connectivity index (χ3v) is 2.40. The maximum atomic E-state index is 4.24. The number of hydrogen-bond donors (Lipinski definition) is 0. The fourth-order valence-corrected chi connectivity index (χ4v) is 1.60. The van der Waals surface area contributed by atoms with Gasteiger partial charge in [0.25, 0.3) is 0 Å². The molecule has 0 spiro atoms. The van der Waals surface area contributed by atoms with Crippen molar-refractivity contribution < 1.29 is 0 Å². The van der Waals surface area contributed by atoms with Crippen LogP contribution in [0.5, 0.6) is 0 Å². The number of hydrogen-bond acceptors (Lipinski definition) is 2. The van der Waals surface area contributed by atoms with Gasteiger partial charge in [0.2, 0.25) is 0 Å². The molecule has 1 aliphatic heterocycles. The van der Waals surface area contributed by atoms with E-state index in [1.807, 2.05) is 18.5 Å². The Morgan fingerprint density at radius 3 is 3.00 bits per heavy atom. The lowest BCUT2D eigenvalue weighted by molar-refractivity contribution is 0.258. The van der Waals surface area contributed by atoms with E-state index in [-0.39, 0.29) is 0 Å². The molecule has 1 fully saturated rings. The van der Waals surface area contributed by atoms with Gasteiger partial charge in [0.1, 0.15) is 0 Å². The summed E-state index contributed by atoms with van der Waals surface area (Å²) in [5, 5.41) is 4.24. The summed E-state index contributed by atoms with van der Waals surface area (Å²) in [6, 6.07) is 2.56. The Hall–Kier alpha value is -0.830. The summed E-state index contributed by atoms with van der Waals surface area (Å²) in [6.45, 7) is 3.39. The molecule has 1 aromatic rings. The maximum absolute atomic E-state index is 4.24. The number of aromatic nitrogens is 2. The Morgan fingerprint density at radius 2 is 2.42 bits per heavy atom. The quantitative estimate of drug-likeness (QED) is 0.624. The van der Waals surface area contributed by atoms with Gasteiger partial charge in [-0.2, -0.15) is 5.10 Å². The Balaban J connectivity index is 1.99. The second kappa shape index (κ2) is 3.27. The maximum Gasteiger partial charge on any atom is 0.0546 e. The highest BCUT2D eigenvalue weighted by Gasteiger charge is 2.17. The van der Waals surface area contributed by atoms with E-state index < -0.39 is 0 Å². The molecule has 3 nitrogen and oxygen atoms in total. The summed E-state index contributed by atoms with van der Waals surface area (Å²) in [5.41, 5.74) is 0. The standard InChI is InChI=1S/C9H14N3/c1-11-7-3-9(4-8-11)12-6-2-5-10-12/h2,5-7,9H,3-4,8H2,1H3. The molecule has 12 heavy (non-hydrogen) atoms. The highest BCUT2D eigenvalue weighted by Crippen LogP contribution is 2.22. The summed E-state index contributed by atoms with van der Waals surface area (Å²) in [6.07, 6.45) is 6.20. The number of likely N-dealkylation sites (tertiary alicyclic amines) is 1. The van der Waals surface area contributed by atoms with Gasteiger partial charge < -0.3 is 4.90 Å². The minimum absolute atomic E-state index is 0.580. The molecule has 3 heteroatoms. The van der Waals surface area contributed by atoms with Crippen molar-refractivity contribution in [2.45, 2.75) is 18.9 Å². The van der Waals surface area contributed by atoms with Crippen LogP contribution in [0.4, 0.5) is 0 Å². The molecule has 1 aromatic heterocycles. The molecule has 0 aromatic carbocycles. The lowest BCUT2D eigenvalue weighted by Crippen LogP contribution is -2.28. The van der Waals surface area contributed by atoms with Gasteiger partial charge in [-0.1, -0.05) is 0 Å². The first-order chi connectivity index (χ1) is 5.86. The molecular weight excluding hydrogens is 150 g/mol. The van der Waals surface area contributed by atoms with Crippen molar-refractivity contribution >= 4 is 0 Å². The van der Waals surface area contributed by atoms with Gasteiger partial charge in [-0.15, -0.1) is 0 Å². The molecule has 2 heterocycles. The normalized spacial score (nSPS) is 21.4. The summed E-state index contributed by atoms with van der Waals surface area (Å²) in [7, 11) is 2.12. The summed E-state index contributed by atoms with van der Waals surface area (Å²) in [4.78, 5) is 2.25. The minimum atomic E-state index is 0.580. The molecule has 1 saturated heterocycles. The van der Waals surface area contributed by atoms with Crippen LogP contribution in [0.1, 0.15) is 18.9 Å². The van der Waals surface area contributed by atoms with E-state index in [9.17, 15) is 0 Å². The van der Waals surface area contributed by atoms with E-state index in [2.05, 4.69) is 28.3 Å². The molecule has 0 aliphatic carbocycles. The Bertz CT molecular complexity index is 222. The molecule has 1 aliphatic rings. The summed E-state index contributed by atoms with van der Waals surface area (Å²) >= 11 is 0. The Morgan fingerprint density at radius 1 is 1.50 bits per heavy atom. The van der Waals surface area contributed by atoms with Crippen molar-refractivity contribution in [2.75, 3.05) is 13.6 Å². The molecule has 1 unspecified atom stereocenters. The predicted molar refractivity (Wildman–Crippen MR) is 47.4 cm³/mol. The molecule has 1 radical (unpaired) electrons. The molecular formula is C9H14N3. The van der Waals surface area contributed by atoms with E-state index in [1.165, 1.54) is 6.42 Å². The van der Waals surface area contributed by atoms with Gasteiger partial charge in [0.15, 0.2) is 0 Å². The fourth-order valence-electron chi connectivity index (χ4n) is 1.60. The van der Waals surface area contributed by atoms with E-state index in [4.69, 9.17) is 0 Å². The molecule has 0 saturated carbocycles. The van der Waals surface area contributed by atoms with E-state index in [1.54, 1.807) is 0 Å². The van der Waals surface area contributed by atoms with Crippen LogP contribution in [0, 0.1) is 6.54 Å². The second-order valence-corrected chi connectivity index (χ2v) is 3.33. The highest BCUT2D eigenvalue weighted by molar-refractivity contribution is 4.86. The van der Waals surface area contributed by atoms with E-state index >= 15 is 0 Å². The molecule has 2 rings (SSSR count). The molecule has 0 amide bonds. The lowest BCUT2D eigenvalue weighted by atomic mass is 10.1. The lowest BCUT2D eigenvalue weighted by Gasteiger charge is -2.28.